The van der Waals surface area contributed by atoms with Crippen molar-refractivity contribution in [1.82, 2.24) is 0 Å². The van der Waals surface area contributed by atoms with E-state index >= 15 is 0 Å². The predicted molar refractivity (Wildman–Crippen MR) is 80.9 cm³/mol. The van der Waals surface area contributed by atoms with Crippen LogP contribution in [0.3, 0.4) is 0 Å². The van der Waals surface area contributed by atoms with Crippen molar-refractivity contribution in [3.63, 3.8) is 0 Å². The van der Waals surface area contributed by atoms with Crippen LogP contribution in [-0.4, -0.2) is 13.2 Å². The fraction of sp³-hybridized carbons (Fsp3) is 0.250. The van der Waals surface area contributed by atoms with Crippen molar-refractivity contribution in [1.29, 1.82) is 0 Å². The molecule has 1 unspecified atom stereocenters. The lowest BCUT2D eigenvalue weighted by Crippen LogP contribution is -2.23. The molecule has 0 fully saturated rings. The summed E-state index contributed by atoms with van der Waals surface area (Å²) in [4.78, 5) is 0. The van der Waals surface area contributed by atoms with Gasteiger partial charge in [0.2, 0.25) is 0 Å². The number of anilines is 1. The minimum absolute atomic E-state index is 0.0954. The van der Waals surface area contributed by atoms with Crippen molar-refractivity contribution in [3.8, 4) is 11.5 Å². The van der Waals surface area contributed by atoms with Crippen molar-refractivity contribution in [2.24, 2.45) is 0 Å². The van der Waals surface area contributed by atoms with Gasteiger partial charge in [-0.3, -0.25) is 0 Å². The molecule has 0 amide bonds. The van der Waals surface area contributed by atoms with Crippen molar-refractivity contribution in [2.75, 3.05) is 18.5 Å². The summed E-state index contributed by atoms with van der Waals surface area (Å²) in [5.74, 6) is 1.61. The summed E-state index contributed by atoms with van der Waals surface area (Å²) < 4.78 is 11.2. The number of hydrogen-bond acceptors (Lipinski definition) is 3. The fourth-order valence-corrected chi connectivity index (χ4v) is 2.54. The monoisotopic (exact) mass is 289 g/mol. The Hall–Kier alpha value is -1.87. The minimum Gasteiger partial charge on any atom is -0.492 e. The smallest absolute Gasteiger partial charge is 0.142 e. The molecule has 1 heterocycles. The van der Waals surface area contributed by atoms with Gasteiger partial charge in [0.25, 0.3) is 0 Å². The Kier molecular flexibility index (Phi) is 3.70. The number of nitrogens with one attached hydrogen (secondary N) is 1. The second kappa shape index (κ2) is 5.63. The van der Waals surface area contributed by atoms with E-state index in [0.717, 1.165) is 22.7 Å². The number of halogens is 1. The first-order valence-electron chi connectivity index (χ1n) is 6.68. The molecule has 0 radical (unpaired) electrons. The molecule has 0 saturated carbocycles. The maximum atomic E-state index is 6.23. The number of ether oxygens (including phenoxy) is 2. The maximum Gasteiger partial charge on any atom is 0.142 e. The quantitative estimate of drug-likeness (QED) is 0.914. The van der Waals surface area contributed by atoms with E-state index < -0.39 is 0 Å². The molecule has 3 rings (SSSR count). The molecule has 4 heteroatoms. The summed E-state index contributed by atoms with van der Waals surface area (Å²) in [5.41, 5.74) is 2.10. The van der Waals surface area contributed by atoms with Gasteiger partial charge >= 0.3 is 0 Å². The van der Waals surface area contributed by atoms with Crippen LogP contribution in [-0.2, 0) is 0 Å². The first-order chi connectivity index (χ1) is 9.78. The molecule has 0 aromatic heterocycles. The van der Waals surface area contributed by atoms with Crippen LogP contribution in [0.15, 0.2) is 42.5 Å². The zero-order valence-electron chi connectivity index (χ0n) is 11.2. The molecule has 2 aromatic rings. The van der Waals surface area contributed by atoms with Gasteiger partial charge in [0.05, 0.1) is 23.4 Å². The Bertz CT molecular complexity index is 615. The van der Waals surface area contributed by atoms with Gasteiger partial charge in [-0.15, -0.1) is 0 Å². The van der Waals surface area contributed by atoms with E-state index in [2.05, 4.69) is 5.32 Å². The molecule has 1 atom stereocenters. The van der Waals surface area contributed by atoms with Crippen LogP contribution in [0.5, 0.6) is 11.5 Å². The van der Waals surface area contributed by atoms with E-state index in [4.69, 9.17) is 21.1 Å². The van der Waals surface area contributed by atoms with Crippen LogP contribution in [0.1, 0.15) is 18.5 Å². The third-order valence-corrected chi connectivity index (χ3v) is 3.58. The lowest BCUT2D eigenvalue weighted by atomic mass is 10.1. The molecule has 1 aliphatic heterocycles. The lowest BCUT2D eigenvalue weighted by molar-refractivity contribution is 0.286. The number of hydrogen-bond donors (Lipinski definition) is 1. The summed E-state index contributed by atoms with van der Waals surface area (Å²) in [7, 11) is 0. The Labute approximate surface area is 123 Å². The van der Waals surface area contributed by atoms with Gasteiger partial charge in [-0.2, -0.15) is 0 Å². The van der Waals surface area contributed by atoms with Crippen LogP contribution in [0.4, 0.5) is 5.69 Å². The van der Waals surface area contributed by atoms with Crippen molar-refractivity contribution in [3.05, 3.63) is 53.1 Å². The van der Waals surface area contributed by atoms with Crippen LogP contribution in [0, 0.1) is 0 Å². The molecule has 104 valence electrons. The zero-order valence-corrected chi connectivity index (χ0v) is 12.0. The van der Waals surface area contributed by atoms with Gasteiger partial charge in [0, 0.05) is 0 Å². The molecule has 0 aliphatic carbocycles. The summed E-state index contributed by atoms with van der Waals surface area (Å²) in [6.07, 6.45) is 0. The van der Waals surface area contributed by atoms with E-state index in [-0.39, 0.29) is 6.04 Å². The lowest BCUT2D eigenvalue weighted by Gasteiger charge is -2.28. The largest absolute Gasteiger partial charge is 0.492 e. The minimum atomic E-state index is 0.0954. The van der Waals surface area contributed by atoms with Crippen molar-refractivity contribution < 1.29 is 9.47 Å². The molecule has 0 saturated heterocycles. The molecular weight excluding hydrogens is 274 g/mol. The second-order valence-electron chi connectivity index (χ2n) is 4.63. The number of rotatable bonds is 3. The number of para-hydroxylation sites is 2. The zero-order chi connectivity index (χ0) is 13.9. The third-order valence-electron chi connectivity index (χ3n) is 3.28. The summed E-state index contributed by atoms with van der Waals surface area (Å²) in [5, 5.41) is 4.10. The molecule has 3 nitrogen and oxygen atoms in total. The number of fused-ring (bicyclic) bond motifs is 1. The highest BCUT2D eigenvalue weighted by Gasteiger charge is 2.20. The van der Waals surface area contributed by atoms with E-state index in [1.807, 2.05) is 49.4 Å². The highest BCUT2D eigenvalue weighted by atomic mass is 35.5. The van der Waals surface area contributed by atoms with Crippen LogP contribution < -0.4 is 14.8 Å². The van der Waals surface area contributed by atoms with E-state index in [9.17, 15) is 0 Å². The fourth-order valence-electron chi connectivity index (χ4n) is 2.30. The van der Waals surface area contributed by atoms with Crippen LogP contribution in [0.25, 0.3) is 0 Å². The first kappa shape index (κ1) is 13.1. The highest BCUT2D eigenvalue weighted by Crippen LogP contribution is 2.35. The van der Waals surface area contributed by atoms with Crippen molar-refractivity contribution >= 4 is 17.3 Å². The first-order valence-corrected chi connectivity index (χ1v) is 7.06. The van der Waals surface area contributed by atoms with Gasteiger partial charge in [-0.25, -0.2) is 0 Å². The maximum absolute atomic E-state index is 6.23. The van der Waals surface area contributed by atoms with Gasteiger partial charge in [-0.1, -0.05) is 29.8 Å². The molecule has 0 bridgehead atoms. The van der Waals surface area contributed by atoms with Crippen LogP contribution in [0.2, 0.25) is 5.02 Å². The summed E-state index contributed by atoms with van der Waals surface area (Å²) in [6, 6.07) is 13.9. The normalized spacial score (nSPS) is 16.8. The molecule has 0 spiro atoms. The SMILES string of the molecule is CCOc1ccc(C2COc3ccccc3N2)cc1Cl. The Morgan fingerprint density at radius 3 is 2.95 bits per heavy atom. The molecule has 20 heavy (non-hydrogen) atoms. The Morgan fingerprint density at radius 1 is 1.30 bits per heavy atom. The average molecular weight is 290 g/mol. The topological polar surface area (TPSA) is 30.5 Å². The number of benzene rings is 2. The third kappa shape index (κ3) is 2.54. The molecular formula is C16H16ClNO2. The average Bonchev–Trinajstić information content (AvgIpc) is 2.49. The second-order valence-corrected chi connectivity index (χ2v) is 5.03. The van der Waals surface area contributed by atoms with Gasteiger partial charge < -0.3 is 14.8 Å². The van der Waals surface area contributed by atoms with E-state index in [0.29, 0.717) is 18.2 Å². The molecule has 2 aromatic carbocycles. The summed E-state index contributed by atoms with van der Waals surface area (Å²) >= 11 is 6.23. The highest BCUT2D eigenvalue weighted by molar-refractivity contribution is 6.32. The Morgan fingerprint density at radius 2 is 2.15 bits per heavy atom. The molecule has 1 N–H and O–H groups in total. The van der Waals surface area contributed by atoms with Gasteiger partial charge in [0.1, 0.15) is 18.1 Å². The summed E-state index contributed by atoms with van der Waals surface area (Å²) in [6.45, 7) is 3.14. The van der Waals surface area contributed by atoms with Crippen molar-refractivity contribution in [2.45, 2.75) is 13.0 Å². The van der Waals surface area contributed by atoms with Crippen LogP contribution >= 0.6 is 11.6 Å². The van der Waals surface area contributed by atoms with E-state index in [1.165, 1.54) is 0 Å². The Balaban J connectivity index is 1.83. The standard InChI is InChI=1S/C16H16ClNO2/c1-2-19-15-8-7-11(9-12(15)17)14-10-20-16-6-4-3-5-13(16)18-14/h3-9,14,18H,2,10H2,1H3. The van der Waals surface area contributed by atoms with Gasteiger partial charge in [0.15, 0.2) is 0 Å². The predicted octanol–water partition coefficient (Wildman–Crippen LogP) is 4.28. The van der Waals surface area contributed by atoms with E-state index in [1.54, 1.807) is 0 Å². The van der Waals surface area contributed by atoms with Gasteiger partial charge in [-0.05, 0) is 36.8 Å². The molecule has 1 aliphatic rings.